The molecule has 146 valence electrons. The van der Waals surface area contributed by atoms with Crippen molar-refractivity contribution in [2.45, 2.75) is 57.7 Å². The second-order valence-corrected chi connectivity index (χ2v) is 9.85. The normalized spacial score (nSPS) is 16.8. The minimum absolute atomic E-state index is 0.146. The summed E-state index contributed by atoms with van der Waals surface area (Å²) < 4.78 is 1.69. The van der Waals surface area contributed by atoms with Crippen molar-refractivity contribution in [2.75, 3.05) is 11.1 Å². The quantitative estimate of drug-likeness (QED) is 0.734. The van der Waals surface area contributed by atoms with Crippen LogP contribution >= 0.6 is 23.1 Å². The van der Waals surface area contributed by atoms with Gasteiger partial charge in [0.05, 0.1) is 16.9 Å². The molecule has 0 fully saturated rings. The number of thioether (sulfide) groups is 1. The van der Waals surface area contributed by atoms with E-state index in [2.05, 4.69) is 27.8 Å². The van der Waals surface area contributed by atoms with Gasteiger partial charge in [-0.1, -0.05) is 18.7 Å². The molecule has 8 nitrogen and oxygen atoms in total. The van der Waals surface area contributed by atoms with Gasteiger partial charge < -0.3 is 11.1 Å². The van der Waals surface area contributed by atoms with E-state index in [0.29, 0.717) is 21.6 Å². The Bertz CT molecular complexity index is 867. The molecule has 0 bridgehead atoms. The van der Waals surface area contributed by atoms with Crippen molar-refractivity contribution in [1.29, 1.82) is 0 Å². The van der Waals surface area contributed by atoms with Gasteiger partial charge in [0.15, 0.2) is 0 Å². The van der Waals surface area contributed by atoms with Gasteiger partial charge in [-0.3, -0.25) is 9.59 Å². The topological polar surface area (TPSA) is 116 Å². The van der Waals surface area contributed by atoms with Crippen LogP contribution in [0.2, 0.25) is 0 Å². The van der Waals surface area contributed by atoms with E-state index in [-0.39, 0.29) is 17.2 Å². The molecule has 1 atom stereocenters. The van der Waals surface area contributed by atoms with Gasteiger partial charge in [0.25, 0.3) is 5.91 Å². The van der Waals surface area contributed by atoms with Crippen LogP contribution in [-0.4, -0.2) is 37.8 Å². The third-order valence-electron chi connectivity index (χ3n) is 4.42. The van der Waals surface area contributed by atoms with Gasteiger partial charge in [0, 0.05) is 4.88 Å². The lowest BCUT2D eigenvalue weighted by atomic mass is 9.88. The highest BCUT2D eigenvalue weighted by Gasteiger charge is 2.27. The van der Waals surface area contributed by atoms with Crippen molar-refractivity contribution in [3.05, 3.63) is 16.0 Å². The number of anilines is 1. The molecule has 2 aromatic heterocycles. The Morgan fingerprint density at radius 3 is 2.81 bits per heavy atom. The standard InChI is InChI=1S/C17H24N6O2S2/c1-9-5-6-10-11(7-9)27-15(13(10)14(18)25)19-12(24)8-26-16-20-21-22-23(16)17(2,3)4/h9H,5-8H2,1-4H3,(H2,18,25)(H,19,24). The molecule has 1 aliphatic carbocycles. The van der Waals surface area contributed by atoms with E-state index in [1.807, 2.05) is 20.8 Å². The van der Waals surface area contributed by atoms with Crippen molar-refractivity contribution in [3.8, 4) is 0 Å². The molecule has 27 heavy (non-hydrogen) atoms. The number of aromatic nitrogens is 4. The maximum atomic E-state index is 12.5. The van der Waals surface area contributed by atoms with Crippen LogP contribution in [0.4, 0.5) is 5.00 Å². The first-order valence-electron chi connectivity index (χ1n) is 8.82. The fourth-order valence-corrected chi connectivity index (χ4v) is 5.37. The van der Waals surface area contributed by atoms with Crippen LogP contribution in [0.25, 0.3) is 0 Å². The molecule has 0 saturated carbocycles. The molecule has 2 amide bonds. The number of carbonyl (C=O) groups is 2. The Hall–Kier alpha value is -1.94. The van der Waals surface area contributed by atoms with Crippen LogP contribution in [-0.2, 0) is 23.2 Å². The summed E-state index contributed by atoms with van der Waals surface area (Å²) in [5.74, 6) is 0.0275. The summed E-state index contributed by atoms with van der Waals surface area (Å²) in [6, 6.07) is 0. The Morgan fingerprint density at radius 2 is 2.15 bits per heavy atom. The van der Waals surface area contributed by atoms with Crippen LogP contribution in [0.3, 0.4) is 0 Å². The number of thiophene rings is 1. The van der Waals surface area contributed by atoms with E-state index in [0.717, 1.165) is 29.7 Å². The van der Waals surface area contributed by atoms with Crippen molar-refractivity contribution in [3.63, 3.8) is 0 Å². The third kappa shape index (κ3) is 4.32. The second kappa shape index (κ2) is 7.59. The Balaban J connectivity index is 1.72. The first-order chi connectivity index (χ1) is 12.7. The first kappa shape index (κ1) is 19.8. The summed E-state index contributed by atoms with van der Waals surface area (Å²) in [5, 5.41) is 15.7. The molecule has 3 rings (SSSR count). The molecule has 1 aliphatic rings. The third-order valence-corrected chi connectivity index (χ3v) is 6.51. The van der Waals surface area contributed by atoms with Gasteiger partial charge in [-0.05, 0) is 61.9 Å². The zero-order valence-corrected chi connectivity index (χ0v) is 17.5. The van der Waals surface area contributed by atoms with Gasteiger partial charge in [-0.15, -0.1) is 16.4 Å². The van der Waals surface area contributed by atoms with Crippen LogP contribution < -0.4 is 11.1 Å². The highest BCUT2D eigenvalue weighted by Crippen LogP contribution is 2.39. The highest BCUT2D eigenvalue weighted by molar-refractivity contribution is 7.99. The number of hydrogen-bond donors (Lipinski definition) is 2. The first-order valence-corrected chi connectivity index (χ1v) is 10.6. The van der Waals surface area contributed by atoms with Crippen LogP contribution in [0.1, 0.15) is 54.9 Å². The molecule has 10 heteroatoms. The van der Waals surface area contributed by atoms with E-state index in [1.54, 1.807) is 4.68 Å². The van der Waals surface area contributed by atoms with E-state index < -0.39 is 5.91 Å². The molecule has 0 aromatic carbocycles. The van der Waals surface area contributed by atoms with Gasteiger partial charge in [0.2, 0.25) is 11.1 Å². The van der Waals surface area contributed by atoms with Crippen molar-refractivity contribution >= 4 is 39.9 Å². The highest BCUT2D eigenvalue weighted by atomic mass is 32.2. The minimum atomic E-state index is -0.485. The number of amides is 2. The molecular weight excluding hydrogens is 384 g/mol. The van der Waals surface area contributed by atoms with E-state index in [1.165, 1.54) is 23.1 Å². The zero-order chi connectivity index (χ0) is 19.8. The summed E-state index contributed by atoms with van der Waals surface area (Å²) in [4.78, 5) is 25.6. The predicted octanol–water partition coefficient (Wildman–Crippen LogP) is 2.44. The number of fused-ring (bicyclic) bond motifs is 1. The molecule has 0 aliphatic heterocycles. The number of tetrazole rings is 1. The molecule has 3 N–H and O–H groups in total. The smallest absolute Gasteiger partial charge is 0.251 e. The fourth-order valence-electron chi connectivity index (χ4n) is 3.08. The van der Waals surface area contributed by atoms with Crippen molar-refractivity contribution in [2.24, 2.45) is 11.7 Å². The van der Waals surface area contributed by atoms with E-state index >= 15 is 0 Å². The number of primary amides is 1. The summed E-state index contributed by atoms with van der Waals surface area (Å²) in [5.41, 5.74) is 6.80. The van der Waals surface area contributed by atoms with Crippen LogP contribution in [0.15, 0.2) is 5.16 Å². The summed E-state index contributed by atoms with van der Waals surface area (Å²) in [7, 11) is 0. The van der Waals surface area contributed by atoms with Crippen LogP contribution in [0, 0.1) is 5.92 Å². The Morgan fingerprint density at radius 1 is 1.41 bits per heavy atom. The van der Waals surface area contributed by atoms with Gasteiger partial charge in [-0.2, -0.15) is 0 Å². The summed E-state index contributed by atoms with van der Waals surface area (Å²) in [6.45, 7) is 8.16. The molecule has 0 saturated heterocycles. The lowest BCUT2D eigenvalue weighted by Gasteiger charge is -2.19. The van der Waals surface area contributed by atoms with Gasteiger partial charge in [0.1, 0.15) is 5.00 Å². The number of carbonyl (C=O) groups excluding carboxylic acids is 2. The lowest BCUT2D eigenvalue weighted by Crippen LogP contribution is -2.25. The largest absolute Gasteiger partial charge is 0.365 e. The average molecular weight is 409 g/mol. The van der Waals surface area contributed by atoms with E-state index in [4.69, 9.17) is 5.73 Å². The number of nitrogens with one attached hydrogen (secondary N) is 1. The molecule has 2 aromatic rings. The predicted molar refractivity (Wildman–Crippen MR) is 106 cm³/mol. The lowest BCUT2D eigenvalue weighted by molar-refractivity contribution is -0.113. The number of rotatable bonds is 5. The molecule has 1 unspecified atom stereocenters. The van der Waals surface area contributed by atoms with Gasteiger partial charge in [-0.25, -0.2) is 4.68 Å². The zero-order valence-electron chi connectivity index (χ0n) is 15.9. The number of hydrogen-bond acceptors (Lipinski definition) is 7. The number of nitrogens with zero attached hydrogens (tertiary/aromatic N) is 4. The SMILES string of the molecule is CC1CCc2c(sc(NC(=O)CSc3nnnn3C(C)(C)C)c2C(N)=O)C1. The number of nitrogens with two attached hydrogens (primary N) is 1. The maximum Gasteiger partial charge on any atom is 0.251 e. The second-order valence-electron chi connectivity index (χ2n) is 7.80. The Labute approximate surface area is 166 Å². The summed E-state index contributed by atoms with van der Waals surface area (Å²) in [6.07, 6.45) is 2.78. The average Bonchev–Trinajstić information content (AvgIpc) is 3.15. The Kier molecular flexibility index (Phi) is 5.57. The molecule has 0 spiro atoms. The minimum Gasteiger partial charge on any atom is -0.365 e. The molecular formula is C17H24N6O2S2. The summed E-state index contributed by atoms with van der Waals surface area (Å²) >= 11 is 2.73. The van der Waals surface area contributed by atoms with Crippen molar-refractivity contribution < 1.29 is 9.59 Å². The van der Waals surface area contributed by atoms with Crippen molar-refractivity contribution in [1.82, 2.24) is 20.2 Å². The fraction of sp³-hybridized carbons (Fsp3) is 0.588. The maximum absolute atomic E-state index is 12.5. The van der Waals surface area contributed by atoms with E-state index in [9.17, 15) is 9.59 Å². The molecule has 0 radical (unpaired) electrons. The van der Waals surface area contributed by atoms with Gasteiger partial charge >= 0.3 is 0 Å². The molecule has 2 heterocycles. The monoisotopic (exact) mass is 408 g/mol. The van der Waals surface area contributed by atoms with Crippen LogP contribution in [0.5, 0.6) is 0 Å².